The maximum Gasteiger partial charge on any atom is 0.137 e. The fourth-order valence-corrected chi connectivity index (χ4v) is 2.99. The van der Waals surface area contributed by atoms with Crippen LogP contribution in [0.3, 0.4) is 0 Å². The molecule has 0 N–H and O–H groups in total. The second kappa shape index (κ2) is 3.67. The lowest BCUT2D eigenvalue weighted by molar-refractivity contribution is 0.0662. The van der Waals surface area contributed by atoms with E-state index >= 15 is 0 Å². The van der Waals surface area contributed by atoms with Gasteiger partial charge in [0.05, 0.1) is 4.47 Å². The minimum absolute atomic E-state index is 0.0871. The quantitative estimate of drug-likeness (QED) is 0.706. The molecule has 0 bridgehead atoms. The molecule has 0 aromatic heterocycles. The fourth-order valence-electron chi connectivity index (χ4n) is 2.64. The van der Waals surface area contributed by atoms with Crippen LogP contribution in [0, 0.1) is 5.82 Å². The topological polar surface area (TPSA) is 9.23 Å². The van der Waals surface area contributed by atoms with Gasteiger partial charge in [-0.1, -0.05) is 12.2 Å². The zero-order valence-electron chi connectivity index (χ0n) is 8.80. The van der Waals surface area contributed by atoms with Gasteiger partial charge in [-0.25, -0.2) is 4.39 Å². The molecule has 1 aromatic carbocycles. The molecule has 0 saturated carbocycles. The van der Waals surface area contributed by atoms with Crippen LogP contribution < -0.4 is 0 Å². The van der Waals surface area contributed by atoms with Gasteiger partial charge >= 0.3 is 0 Å². The molecule has 0 atom stereocenters. The van der Waals surface area contributed by atoms with E-state index in [2.05, 4.69) is 22.0 Å². The van der Waals surface area contributed by atoms with E-state index in [4.69, 9.17) is 4.74 Å². The minimum atomic E-state index is -0.187. The zero-order chi connectivity index (χ0) is 11.2. The summed E-state index contributed by atoms with van der Waals surface area (Å²) in [5.41, 5.74) is 2.34. The molecule has 1 aliphatic carbocycles. The second-order valence-electron chi connectivity index (χ2n) is 4.46. The third-order valence-electron chi connectivity index (χ3n) is 3.60. The van der Waals surface area contributed by atoms with Crippen LogP contribution in [0.2, 0.25) is 0 Å². The Morgan fingerprint density at radius 2 is 2.00 bits per heavy atom. The van der Waals surface area contributed by atoms with Gasteiger partial charge in [-0.3, -0.25) is 0 Å². The van der Waals surface area contributed by atoms with Crippen molar-refractivity contribution in [2.75, 3.05) is 13.2 Å². The van der Waals surface area contributed by atoms with Crippen molar-refractivity contribution >= 4 is 22.0 Å². The fraction of sp³-hybridized carbons (Fsp3) is 0.385. The highest BCUT2D eigenvalue weighted by Crippen LogP contribution is 2.44. The summed E-state index contributed by atoms with van der Waals surface area (Å²) in [6.07, 6.45) is 6.24. The molecule has 1 heterocycles. The number of allylic oxidation sites excluding steroid dienone is 1. The van der Waals surface area contributed by atoms with Gasteiger partial charge in [0.15, 0.2) is 0 Å². The van der Waals surface area contributed by atoms with Gasteiger partial charge < -0.3 is 4.74 Å². The molecule has 0 unspecified atom stereocenters. The number of rotatable bonds is 0. The van der Waals surface area contributed by atoms with Crippen LogP contribution in [0.5, 0.6) is 0 Å². The maximum absolute atomic E-state index is 13.4. The Morgan fingerprint density at radius 3 is 2.75 bits per heavy atom. The minimum Gasteiger partial charge on any atom is -0.381 e. The van der Waals surface area contributed by atoms with E-state index in [0.29, 0.717) is 4.47 Å². The SMILES string of the molecule is Fc1cc2c(cc1Br)C1(C=C2)CCOCC1. The van der Waals surface area contributed by atoms with Crippen molar-refractivity contribution in [1.29, 1.82) is 0 Å². The van der Waals surface area contributed by atoms with Gasteiger partial charge in [-0.05, 0) is 52.0 Å². The van der Waals surface area contributed by atoms with Crippen molar-refractivity contribution in [1.82, 2.24) is 0 Å². The Hall–Kier alpha value is -0.670. The van der Waals surface area contributed by atoms with Crippen LogP contribution in [-0.2, 0) is 10.2 Å². The van der Waals surface area contributed by atoms with Crippen molar-refractivity contribution in [3.63, 3.8) is 0 Å². The predicted molar refractivity (Wildman–Crippen MR) is 64.9 cm³/mol. The summed E-state index contributed by atoms with van der Waals surface area (Å²) < 4.78 is 19.4. The summed E-state index contributed by atoms with van der Waals surface area (Å²) in [4.78, 5) is 0. The first-order valence-electron chi connectivity index (χ1n) is 5.48. The van der Waals surface area contributed by atoms with E-state index in [9.17, 15) is 4.39 Å². The van der Waals surface area contributed by atoms with Gasteiger partial charge in [-0.2, -0.15) is 0 Å². The van der Waals surface area contributed by atoms with E-state index in [1.807, 2.05) is 12.1 Å². The predicted octanol–water partition coefficient (Wildman–Crippen LogP) is 3.66. The molecule has 1 nitrogen and oxygen atoms in total. The monoisotopic (exact) mass is 282 g/mol. The van der Waals surface area contributed by atoms with E-state index in [1.54, 1.807) is 6.07 Å². The van der Waals surface area contributed by atoms with Crippen molar-refractivity contribution < 1.29 is 9.13 Å². The molecule has 1 spiro atoms. The van der Waals surface area contributed by atoms with Crippen molar-refractivity contribution in [3.05, 3.63) is 39.6 Å². The molecule has 1 aromatic rings. The van der Waals surface area contributed by atoms with Gasteiger partial charge in [-0.15, -0.1) is 0 Å². The third-order valence-corrected chi connectivity index (χ3v) is 4.20. The summed E-state index contributed by atoms with van der Waals surface area (Å²) in [5.74, 6) is -0.187. The third kappa shape index (κ3) is 1.45. The van der Waals surface area contributed by atoms with Gasteiger partial charge in [0.25, 0.3) is 0 Å². The van der Waals surface area contributed by atoms with Crippen LogP contribution in [0.25, 0.3) is 6.08 Å². The first-order valence-corrected chi connectivity index (χ1v) is 6.27. The molecule has 3 heteroatoms. The van der Waals surface area contributed by atoms with Crippen LogP contribution in [-0.4, -0.2) is 13.2 Å². The molecule has 1 saturated heterocycles. The van der Waals surface area contributed by atoms with Crippen LogP contribution >= 0.6 is 15.9 Å². The largest absolute Gasteiger partial charge is 0.381 e. The Labute approximate surface area is 102 Å². The Balaban J connectivity index is 2.10. The number of benzene rings is 1. The number of fused-ring (bicyclic) bond motifs is 2. The highest BCUT2D eigenvalue weighted by molar-refractivity contribution is 9.10. The van der Waals surface area contributed by atoms with Gasteiger partial charge in [0.1, 0.15) is 5.82 Å². The number of hydrogen-bond donors (Lipinski definition) is 0. The standard InChI is InChI=1S/C13H12BrFO/c14-11-8-10-9(7-12(11)15)1-2-13(10)3-5-16-6-4-13/h1-2,7-8H,3-6H2. The summed E-state index contributed by atoms with van der Waals surface area (Å²) in [6.45, 7) is 1.58. The average molecular weight is 283 g/mol. The lowest BCUT2D eigenvalue weighted by atomic mass is 9.76. The molecule has 3 rings (SSSR count). The lowest BCUT2D eigenvalue weighted by Gasteiger charge is -2.33. The summed E-state index contributed by atoms with van der Waals surface area (Å²) in [5, 5.41) is 0. The second-order valence-corrected chi connectivity index (χ2v) is 5.31. The highest BCUT2D eigenvalue weighted by Gasteiger charge is 2.36. The highest BCUT2D eigenvalue weighted by atomic mass is 79.9. The van der Waals surface area contributed by atoms with Crippen LogP contribution in [0.4, 0.5) is 4.39 Å². The van der Waals surface area contributed by atoms with Crippen molar-refractivity contribution in [2.45, 2.75) is 18.3 Å². The van der Waals surface area contributed by atoms with Gasteiger partial charge in [0, 0.05) is 18.6 Å². The molecule has 84 valence electrons. The number of halogens is 2. The zero-order valence-corrected chi connectivity index (χ0v) is 10.4. The first-order chi connectivity index (χ1) is 7.71. The van der Waals surface area contributed by atoms with E-state index < -0.39 is 0 Å². The van der Waals surface area contributed by atoms with Crippen LogP contribution in [0.1, 0.15) is 24.0 Å². The van der Waals surface area contributed by atoms with Gasteiger partial charge in [0.2, 0.25) is 0 Å². The molecule has 16 heavy (non-hydrogen) atoms. The molecule has 1 fully saturated rings. The van der Waals surface area contributed by atoms with E-state index in [1.165, 1.54) is 5.56 Å². The number of hydrogen-bond acceptors (Lipinski definition) is 1. The molecular formula is C13H12BrFO. The molecule has 0 amide bonds. The lowest BCUT2D eigenvalue weighted by Crippen LogP contribution is -2.30. The Bertz CT molecular complexity index is 461. The first kappa shape index (κ1) is 10.5. The Kier molecular flexibility index (Phi) is 2.41. The smallest absolute Gasteiger partial charge is 0.137 e. The van der Waals surface area contributed by atoms with E-state index in [-0.39, 0.29) is 11.2 Å². The molecule has 2 aliphatic rings. The molecular weight excluding hydrogens is 271 g/mol. The maximum atomic E-state index is 13.4. The summed E-state index contributed by atoms with van der Waals surface area (Å²) >= 11 is 3.26. The van der Waals surface area contributed by atoms with Crippen molar-refractivity contribution in [2.24, 2.45) is 0 Å². The average Bonchev–Trinajstić information content (AvgIpc) is 2.60. The molecule has 0 radical (unpaired) electrons. The summed E-state index contributed by atoms with van der Waals surface area (Å²) in [6, 6.07) is 3.54. The van der Waals surface area contributed by atoms with Crippen molar-refractivity contribution in [3.8, 4) is 0 Å². The summed E-state index contributed by atoms with van der Waals surface area (Å²) in [7, 11) is 0. The van der Waals surface area contributed by atoms with Crippen LogP contribution in [0.15, 0.2) is 22.7 Å². The number of ether oxygens (including phenoxy) is 1. The molecule has 1 aliphatic heterocycles. The normalized spacial score (nSPS) is 21.4. The Morgan fingerprint density at radius 1 is 1.25 bits per heavy atom. The van der Waals surface area contributed by atoms with E-state index in [0.717, 1.165) is 31.6 Å².